The third-order valence-electron chi connectivity index (χ3n) is 2.85. The molecule has 2 rings (SSSR count). The van der Waals surface area contributed by atoms with Crippen molar-refractivity contribution < 1.29 is 9.50 Å². The van der Waals surface area contributed by atoms with Gasteiger partial charge in [-0.25, -0.2) is 4.39 Å². The van der Waals surface area contributed by atoms with Gasteiger partial charge in [0.1, 0.15) is 5.82 Å². The summed E-state index contributed by atoms with van der Waals surface area (Å²) in [6, 6.07) is 16.0. The summed E-state index contributed by atoms with van der Waals surface area (Å²) < 4.78 is 12.8. The van der Waals surface area contributed by atoms with Crippen LogP contribution in [0.3, 0.4) is 0 Å². The molecule has 0 aliphatic rings. The summed E-state index contributed by atoms with van der Waals surface area (Å²) in [5.74, 6) is -0.236. The van der Waals surface area contributed by atoms with E-state index in [4.69, 9.17) is 0 Å². The Morgan fingerprint density at radius 1 is 1.00 bits per heavy atom. The van der Waals surface area contributed by atoms with E-state index in [1.54, 1.807) is 12.1 Å². The van der Waals surface area contributed by atoms with Crippen LogP contribution in [0.2, 0.25) is 0 Å². The van der Waals surface area contributed by atoms with Gasteiger partial charge in [0.2, 0.25) is 0 Å². The molecule has 1 unspecified atom stereocenters. The number of aliphatic hydroxyl groups excluding tert-OH is 1. The number of aliphatic hydroxyl groups is 1. The molecule has 0 saturated carbocycles. The second kappa shape index (κ2) is 6.28. The first-order chi connectivity index (χ1) is 8.79. The Kier molecular flexibility index (Phi) is 4.45. The van der Waals surface area contributed by atoms with E-state index in [1.807, 2.05) is 30.3 Å². The second-order valence-electron chi connectivity index (χ2n) is 4.15. The van der Waals surface area contributed by atoms with Crippen LogP contribution < -0.4 is 5.32 Å². The Hall–Kier alpha value is -1.71. The van der Waals surface area contributed by atoms with Crippen LogP contribution in [-0.4, -0.2) is 11.7 Å². The molecule has 0 fully saturated rings. The zero-order chi connectivity index (χ0) is 12.8. The van der Waals surface area contributed by atoms with Crippen LogP contribution >= 0.6 is 0 Å². The van der Waals surface area contributed by atoms with Gasteiger partial charge in [-0.05, 0) is 23.3 Å². The largest absolute Gasteiger partial charge is 0.394 e. The van der Waals surface area contributed by atoms with Gasteiger partial charge >= 0.3 is 0 Å². The van der Waals surface area contributed by atoms with Crippen molar-refractivity contribution in [3.8, 4) is 0 Å². The molecule has 2 aromatic rings. The predicted octanol–water partition coefficient (Wildman–Crippen LogP) is 2.65. The Morgan fingerprint density at radius 2 is 1.67 bits per heavy atom. The zero-order valence-electron chi connectivity index (χ0n) is 10.0. The maximum Gasteiger partial charge on any atom is 0.123 e. The van der Waals surface area contributed by atoms with Crippen molar-refractivity contribution in [2.24, 2.45) is 0 Å². The molecule has 0 radical (unpaired) electrons. The summed E-state index contributed by atoms with van der Waals surface area (Å²) in [6.07, 6.45) is 0. The molecule has 0 bridgehead atoms. The van der Waals surface area contributed by atoms with Crippen molar-refractivity contribution in [1.29, 1.82) is 0 Å². The van der Waals surface area contributed by atoms with Crippen molar-refractivity contribution in [2.45, 2.75) is 12.6 Å². The standard InChI is InChI=1S/C15H16FNO/c16-14-8-6-12(7-9-14)10-17-15(11-18)13-4-2-1-3-5-13/h1-9,15,17-18H,10-11H2. The normalized spacial score (nSPS) is 12.3. The Labute approximate surface area is 106 Å². The van der Waals surface area contributed by atoms with Gasteiger partial charge in [-0.2, -0.15) is 0 Å². The van der Waals surface area contributed by atoms with E-state index < -0.39 is 0 Å². The molecule has 0 saturated heterocycles. The molecule has 0 spiro atoms. The number of hydrogen-bond donors (Lipinski definition) is 2. The highest BCUT2D eigenvalue weighted by Crippen LogP contribution is 2.12. The van der Waals surface area contributed by atoms with Gasteiger partial charge in [0, 0.05) is 6.54 Å². The summed E-state index contributed by atoms with van der Waals surface area (Å²) >= 11 is 0. The number of rotatable bonds is 5. The molecule has 0 aliphatic carbocycles. The number of halogens is 1. The van der Waals surface area contributed by atoms with E-state index in [0.717, 1.165) is 11.1 Å². The Balaban J connectivity index is 1.97. The molecule has 3 heteroatoms. The van der Waals surface area contributed by atoms with Crippen LogP contribution in [0, 0.1) is 5.82 Å². The van der Waals surface area contributed by atoms with Crippen LogP contribution in [-0.2, 0) is 6.54 Å². The minimum absolute atomic E-state index is 0.0329. The fourth-order valence-corrected chi connectivity index (χ4v) is 1.82. The molecule has 94 valence electrons. The van der Waals surface area contributed by atoms with Gasteiger partial charge in [0.15, 0.2) is 0 Å². The molecule has 0 amide bonds. The lowest BCUT2D eigenvalue weighted by molar-refractivity contribution is 0.243. The van der Waals surface area contributed by atoms with Crippen LogP contribution in [0.1, 0.15) is 17.2 Å². The minimum atomic E-state index is -0.236. The molecule has 18 heavy (non-hydrogen) atoms. The van der Waals surface area contributed by atoms with Crippen LogP contribution in [0.5, 0.6) is 0 Å². The molecular weight excluding hydrogens is 229 g/mol. The van der Waals surface area contributed by atoms with Gasteiger partial charge in [-0.15, -0.1) is 0 Å². The minimum Gasteiger partial charge on any atom is -0.394 e. The first kappa shape index (κ1) is 12.7. The van der Waals surface area contributed by atoms with E-state index in [1.165, 1.54) is 12.1 Å². The fraction of sp³-hybridized carbons (Fsp3) is 0.200. The van der Waals surface area contributed by atoms with Crippen molar-refractivity contribution in [1.82, 2.24) is 5.32 Å². The number of hydrogen-bond acceptors (Lipinski definition) is 2. The highest BCUT2D eigenvalue weighted by atomic mass is 19.1. The average molecular weight is 245 g/mol. The molecular formula is C15H16FNO. The van der Waals surface area contributed by atoms with Crippen molar-refractivity contribution in [3.05, 3.63) is 71.5 Å². The average Bonchev–Trinajstić information content (AvgIpc) is 2.43. The SMILES string of the molecule is OCC(NCc1ccc(F)cc1)c1ccccc1. The zero-order valence-corrected chi connectivity index (χ0v) is 10.0. The lowest BCUT2D eigenvalue weighted by Crippen LogP contribution is -2.23. The van der Waals surface area contributed by atoms with Crippen LogP contribution in [0.4, 0.5) is 4.39 Å². The monoisotopic (exact) mass is 245 g/mol. The van der Waals surface area contributed by atoms with Crippen LogP contribution in [0.15, 0.2) is 54.6 Å². The molecule has 2 aromatic carbocycles. The molecule has 0 aromatic heterocycles. The highest BCUT2D eigenvalue weighted by Gasteiger charge is 2.08. The van der Waals surface area contributed by atoms with Crippen LogP contribution in [0.25, 0.3) is 0 Å². The van der Waals surface area contributed by atoms with Gasteiger partial charge in [-0.1, -0.05) is 42.5 Å². The summed E-state index contributed by atoms with van der Waals surface area (Å²) in [5.41, 5.74) is 2.04. The van der Waals surface area contributed by atoms with E-state index in [9.17, 15) is 9.50 Å². The first-order valence-electron chi connectivity index (χ1n) is 5.93. The quantitative estimate of drug-likeness (QED) is 0.848. The first-order valence-corrected chi connectivity index (χ1v) is 5.93. The topological polar surface area (TPSA) is 32.3 Å². The van der Waals surface area contributed by atoms with E-state index in [0.29, 0.717) is 6.54 Å². The fourth-order valence-electron chi connectivity index (χ4n) is 1.82. The highest BCUT2D eigenvalue weighted by molar-refractivity contribution is 5.20. The van der Waals surface area contributed by atoms with E-state index in [-0.39, 0.29) is 18.5 Å². The Morgan fingerprint density at radius 3 is 2.28 bits per heavy atom. The third kappa shape index (κ3) is 3.39. The van der Waals surface area contributed by atoms with Crippen molar-refractivity contribution in [2.75, 3.05) is 6.61 Å². The maximum absolute atomic E-state index is 12.8. The smallest absolute Gasteiger partial charge is 0.123 e. The summed E-state index contributed by atoms with van der Waals surface area (Å²) in [5, 5.41) is 12.6. The van der Waals surface area contributed by atoms with Gasteiger partial charge in [0.05, 0.1) is 12.6 Å². The molecule has 0 heterocycles. The Bertz CT molecular complexity index is 470. The molecule has 0 aliphatic heterocycles. The second-order valence-corrected chi connectivity index (χ2v) is 4.15. The molecule has 2 N–H and O–H groups in total. The predicted molar refractivity (Wildman–Crippen MR) is 69.5 cm³/mol. The van der Waals surface area contributed by atoms with E-state index in [2.05, 4.69) is 5.32 Å². The molecule has 2 nitrogen and oxygen atoms in total. The third-order valence-corrected chi connectivity index (χ3v) is 2.85. The van der Waals surface area contributed by atoms with Crippen molar-refractivity contribution in [3.63, 3.8) is 0 Å². The lowest BCUT2D eigenvalue weighted by atomic mass is 10.1. The summed E-state index contributed by atoms with van der Waals surface area (Å²) in [7, 11) is 0. The summed E-state index contributed by atoms with van der Waals surface area (Å²) in [6.45, 7) is 0.631. The van der Waals surface area contributed by atoms with Gasteiger partial charge in [0.25, 0.3) is 0 Å². The van der Waals surface area contributed by atoms with Gasteiger partial charge in [-0.3, -0.25) is 0 Å². The van der Waals surface area contributed by atoms with Gasteiger partial charge < -0.3 is 10.4 Å². The maximum atomic E-state index is 12.8. The lowest BCUT2D eigenvalue weighted by Gasteiger charge is -2.16. The van der Waals surface area contributed by atoms with Crippen molar-refractivity contribution >= 4 is 0 Å². The van der Waals surface area contributed by atoms with E-state index >= 15 is 0 Å². The summed E-state index contributed by atoms with van der Waals surface area (Å²) in [4.78, 5) is 0. The number of benzene rings is 2. The molecule has 1 atom stereocenters. The number of nitrogens with one attached hydrogen (secondary N) is 1.